The Morgan fingerprint density at radius 1 is 0.907 bits per heavy atom. The molecular formula is C41H50N6O7. The van der Waals surface area contributed by atoms with E-state index >= 15 is 0 Å². The smallest absolute Gasteiger partial charge is 0.274 e. The van der Waals surface area contributed by atoms with E-state index < -0.39 is 6.10 Å². The topological polar surface area (TPSA) is 184 Å². The number of fused-ring (bicyclic) bond motifs is 1. The number of benzene rings is 2. The molecule has 3 atom stereocenters. The summed E-state index contributed by atoms with van der Waals surface area (Å²) in [5, 5.41) is 16.5. The molecule has 5 aromatic rings. The third kappa shape index (κ3) is 12.7. The fourth-order valence-corrected chi connectivity index (χ4v) is 5.88. The van der Waals surface area contributed by atoms with Crippen LogP contribution < -0.4 is 21.1 Å². The van der Waals surface area contributed by atoms with Gasteiger partial charge in [0.2, 0.25) is 11.8 Å². The Morgan fingerprint density at radius 3 is 2.44 bits per heavy atom. The number of ether oxygens (including phenoxy) is 3. The van der Waals surface area contributed by atoms with Crippen LogP contribution in [-0.2, 0) is 20.7 Å². The summed E-state index contributed by atoms with van der Waals surface area (Å²) in [6.45, 7) is 6.30. The summed E-state index contributed by atoms with van der Waals surface area (Å²) >= 11 is 0. The lowest BCUT2D eigenvalue weighted by atomic mass is 9.89. The molecule has 0 fully saturated rings. The number of aliphatic hydroxyl groups is 1. The number of hydrogen-bond acceptors (Lipinski definition) is 11. The molecule has 3 aromatic heterocycles. The van der Waals surface area contributed by atoms with E-state index in [0.717, 1.165) is 17.5 Å². The summed E-state index contributed by atoms with van der Waals surface area (Å²) < 4.78 is 22.7. The van der Waals surface area contributed by atoms with Crippen LogP contribution in [0.4, 0.5) is 5.69 Å². The van der Waals surface area contributed by atoms with Gasteiger partial charge in [-0.3, -0.25) is 14.6 Å². The summed E-state index contributed by atoms with van der Waals surface area (Å²) in [4.78, 5) is 38.6. The Morgan fingerprint density at radius 2 is 1.70 bits per heavy atom. The molecule has 286 valence electrons. The fourth-order valence-electron chi connectivity index (χ4n) is 5.88. The molecule has 2 aromatic carbocycles. The number of rotatable bonds is 22. The van der Waals surface area contributed by atoms with Gasteiger partial charge in [-0.05, 0) is 79.6 Å². The summed E-state index contributed by atoms with van der Waals surface area (Å²) in [5.41, 5.74) is 10.1. The number of amides is 2. The molecule has 3 heterocycles. The van der Waals surface area contributed by atoms with Crippen molar-refractivity contribution in [1.29, 1.82) is 0 Å². The molecule has 0 aliphatic carbocycles. The van der Waals surface area contributed by atoms with Crippen LogP contribution in [0.25, 0.3) is 22.6 Å². The molecule has 0 saturated heterocycles. The number of carbonyl (C=O) groups excluding carboxylic acids is 2. The number of pyridine rings is 2. The predicted molar refractivity (Wildman–Crippen MR) is 206 cm³/mol. The quantitative estimate of drug-likeness (QED) is 0.0664. The molecule has 0 radical (unpaired) electrons. The number of nitrogens with zero attached hydrogens (tertiary/aromatic N) is 3. The average Bonchev–Trinajstić information content (AvgIpc) is 3.61. The number of anilines is 1. The molecule has 0 unspecified atom stereocenters. The molecule has 0 spiro atoms. The summed E-state index contributed by atoms with van der Waals surface area (Å²) in [6.07, 6.45) is 6.52. The van der Waals surface area contributed by atoms with Crippen molar-refractivity contribution in [2.75, 3.05) is 44.9 Å². The number of aliphatic hydroxyl groups excluding tert-OH is 1. The Kier molecular flexibility index (Phi) is 15.5. The van der Waals surface area contributed by atoms with Gasteiger partial charge in [0.25, 0.3) is 5.91 Å². The zero-order valence-corrected chi connectivity index (χ0v) is 30.9. The number of nitrogens with two attached hydrogens (primary N) is 1. The largest absolute Gasteiger partial charge is 0.490 e. The zero-order valence-electron chi connectivity index (χ0n) is 30.9. The SMILES string of the molecule is CC(C)C[C@H](CC[C@@H](O)[C@H](N)Cc1ccccc1)C(=O)NCCOCCOCCOc1ccc(C(=O)Nc2ccc3oc(-c4cccnc4)nc3c2)nc1. The molecule has 5 N–H and O–H groups in total. The Bertz CT molecular complexity index is 1870. The lowest BCUT2D eigenvalue weighted by Crippen LogP contribution is -2.38. The molecule has 0 aliphatic rings. The van der Waals surface area contributed by atoms with E-state index in [1.807, 2.05) is 42.5 Å². The summed E-state index contributed by atoms with van der Waals surface area (Å²) in [7, 11) is 0. The van der Waals surface area contributed by atoms with Crippen LogP contribution in [0.2, 0.25) is 0 Å². The van der Waals surface area contributed by atoms with Crippen molar-refractivity contribution < 1.29 is 33.3 Å². The van der Waals surface area contributed by atoms with Crippen molar-refractivity contribution in [2.45, 2.75) is 51.7 Å². The zero-order chi connectivity index (χ0) is 38.1. The second kappa shape index (κ2) is 20.9. The van der Waals surface area contributed by atoms with Crippen LogP contribution in [-0.4, -0.2) is 83.6 Å². The molecular weight excluding hydrogens is 688 g/mol. The van der Waals surface area contributed by atoms with Crippen LogP contribution in [0.15, 0.2) is 95.8 Å². The minimum Gasteiger partial charge on any atom is -0.490 e. The molecule has 5 rings (SSSR count). The highest BCUT2D eigenvalue weighted by atomic mass is 16.5. The van der Waals surface area contributed by atoms with Crippen LogP contribution in [0.3, 0.4) is 0 Å². The number of aromatic nitrogens is 3. The van der Waals surface area contributed by atoms with Crippen molar-refractivity contribution >= 4 is 28.6 Å². The second-order valence-corrected chi connectivity index (χ2v) is 13.5. The minimum absolute atomic E-state index is 0.0337. The highest BCUT2D eigenvalue weighted by Gasteiger charge is 2.23. The normalized spacial score (nSPS) is 13.1. The van der Waals surface area contributed by atoms with E-state index in [9.17, 15) is 14.7 Å². The predicted octanol–water partition coefficient (Wildman–Crippen LogP) is 5.44. The summed E-state index contributed by atoms with van der Waals surface area (Å²) in [5.74, 6) is 0.698. The molecule has 13 heteroatoms. The molecule has 0 saturated carbocycles. The van der Waals surface area contributed by atoms with Crippen LogP contribution in [0.1, 0.15) is 49.2 Å². The molecule has 54 heavy (non-hydrogen) atoms. The number of hydrogen-bond donors (Lipinski definition) is 4. The monoisotopic (exact) mass is 738 g/mol. The van der Waals surface area contributed by atoms with Crippen molar-refractivity contribution in [3.8, 4) is 17.2 Å². The van der Waals surface area contributed by atoms with E-state index in [2.05, 4.69) is 39.4 Å². The van der Waals surface area contributed by atoms with Crippen LogP contribution in [0.5, 0.6) is 5.75 Å². The Hall–Kier alpha value is -5.21. The van der Waals surface area contributed by atoms with E-state index in [-0.39, 0.29) is 29.5 Å². The number of oxazole rings is 1. The highest BCUT2D eigenvalue weighted by molar-refractivity contribution is 6.03. The van der Waals surface area contributed by atoms with Gasteiger partial charge in [-0.1, -0.05) is 44.2 Å². The molecule has 2 amide bonds. The van der Waals surface area contributed by atoms with Gasteiger partial charge in [-0.2, -0.15) is 0 Å². The van der Waals surface area contributed by atoms with Crippen molar-refractivity contribution in [2.24, 2.45) is 17.6 Å². The Balaban J connectivity index is 0.918. The van der Waals surface area contributed by atoms with E-state index in [1.54, 1.807) is 42.7 Å². The minimum atomic E-state index is -0.680. The first-order chi connectivity index (χ1) is 26.2. The van der Waals surface area contributed by atoms with Crippen LogP contribution >= 0.6 is 0 Å². The van der Waals surface area contributed by atoms with E-state index in [1.165, 1.54) is 6.20 Å². The first kappa shape index (κ1) is 40.0. The van der Waals surface area contributed by atoms with Crippen molar-refractivity contribution in [1.82, 2.24) is 20.3 Å². The maximum absolute atomic E-state index is 12.9. The van der Waals surface area contributed by atoms with Gasteiger partial charge in [0.1, 0.15) is 23.6 Å². The van der Waals surface area contributed by atoms with Crippen LogP contribution in [0, 0.1) is 11.8 Å². The van der Waals surface area contributed by atoms with E-state index in [4.69, 9.17) is 24.4 Å². The van der Waals surface area contributed by atoms with Gasteiger partial charge >= 0.3 is 0 Å². The maximum atomic E-state index is 12.9. The van der Waals surface area contributed by atoms with Gasteiger partial charge in [0.05, 0.1) is 44.3 Å². The van der Waals surface area contributed by atoms with Crippen molar-refractivity contribution in [3.63, 3.8) is 0 Å². The lowest BCUT2D eigenvalue weighted by Gasteiger charge is -2.23. The standard InChI is InChI=1S/C41H50N6O7/c1-28(2)23-30(10-14-37(48)34(42)24-29-7-4-3-5-8-29)39(49)44-17-18-51-19-20-52-21-22-53-33-12-13-35(45-27-33)40(50)46-32-11-15-38-36(25-32)47-41(54-38)31-9-6-16-43-26-31/h3-9,11-13,15-16,25-28,30,34,37,48H,10,14,17-24,42H2,1-2H3,(H,44,49)(H,46,50)/t30-,34+,37+/m0/s1. The second-order valence-electron chi connectivity index (χ2n) is 13.5. The third-order valence-electron chi connectivity index (χ3n) is 8.68. The first-order valence-electron chi connectivity index (χ1n) is 18.4. The Labute approximate surface area is 315 Å². The molecule has 0 aliphatic heterocycles. The van der Waals surface area contributed by atoms with Gasteiger partial charge < -0.3 is 40.1 Å². The summed E-state index contributed by atoms with van der Waals surface area (Å²) in [6, 6.07) is 21.6. The van der Waals surface area contributed by atoms with Crippen molar-refractivity contribution in [3.05, 3.63) is 103 Å². The number of nitrogens with one attached hydrogen (secondary N) is 2. The van der Waals surface area contributed by atoms with E-state index in [0.29, 0.717) is 93.2 Å². The van der Waals surface area contributed by atoms with Gasteiger partial charge in [-0.15, -0.1) is 0 Å². The first-order valence-corrected chi connectivity index (χ1v) is 18.4. The number of carbonyl (C=O) groups is 2. The van der Waals surface area contributed by atoms with Gasteiger partial charge in [0, 0.05) is 36.6 Å². The third-order valence-corrected chi connectivity index (χ3v) is 8.68. The molecule has 0 bridgehead atoms. The molecule has 13 nitrogen and oxygen atoms in total. The fraction of sp³-hybridized carbons (Fsp3) is 0.390. The van der Waals surface area contributed by atoms with Gasteiger partial charge in [0.15, 0.2) is 5.58 Å². The average molecular weight is 739 g/mol. The highest BCUT2D eigenvalue weighted by Crippen LogP contribution is 2.26. The lowest BCUT2D eigenvalue weighted by molar-refractivity contribution is -0.126. The van der Waals surface area contributed by atoms with Gasteiger partial charge in [-0.25, -0.2) is 9.97 Å². The maximum Gasteiger partial charge on any atom is 0.274 e.